The summed E-state index contributed by atoms with van der Waals surface area (Å²) in [6, 6.07) is 11.4. The minimum absolute atomic E-state index is 0.150. The van der Waals surface area contributed by atoms with E-state index in [0.29, 0.717) is 11.1 Å². The average molecular weight is 552 g/mol. The highest BCUT2D eigenvalue weighted by atomic mass is 16.6. The monoisotopic (exact) mass is 552 g/mol. The lowest BCUT2D eigenvalue weighted by Crippen LogP contribution is -2.28. The Hall–Kier alpha value is -5.65. The highest BCUT2D eigenvalue weighted by Crippen LogP contribution is 2.31. The standard InChI is InChI=1S/C28H24O12/c1-38-28(37)25(14-17-3-7-19(30)21(32)12-17)39-23-8-4-15(10-22(23)33)5-9-26(34)40-24(27(35)36)13-16-2-6-18(29)20(31)11-16/h2-12,14,24,29-33H,13H2,1H3,(H,35,36)/b9-5+,25-14-. The Bertz CT molecular complexity index is 1490. The number of benzene rings is 3. The molecule has 0 aliphatic carbocycles. The summed E-state index contributed by atoms with van der Waals surface area (Å²) >= 11 is 0. The molecule has 208 valence electrons. The molecular weight excluding hydrogens is 528 g/mol. The second-order valence-electron chi connectivity index (χ2n) is 8.20. The maximum atomic E-state index is 12.2. The van der Waals surface area contributed by atoms with Gasteiger partial charge < -0.3 is 44.8 Å². The summed E-state index contributed by atoms with van der Waals surface area (Å²) in [7, 11) is 1.12. The van der Waals surface area contributed by atoms with Crippen molar-refractivity contribution in [2.45, 2.75) is 12.5 Å². The minimum Gasteiger partial charge on any atom is -0.504 e. The van der Waals surface area contributed by atoms with E-state index < -0.39 is 41.3 Å². The molecule has 3 rings (SSSR count). The molecule has 12 heteroatoms. The van der Waals surface area contributed by atoms with E-state index in [9.17, 15) is 45.0 Å². The number of aromatic hydroxyl groups is 5. The van der Waals surface area contributed by atoms with Crippen molar-refractivity contribution >= 4 is 30.1 Å². The normalized spacial score (nSPS) is 12.1. The van der Waals surface area contributed by atoms with Crippen LogP contribution in [-0.4, -0.2) is 61.8 Å². The Morgan fingerprint density at radius 2 is 1.43 bits per heavy atom. The van der Waals surface area contributed by atoms with Gasteiger partial charge in [0, 0.05) is 12.5 Å². The molecule has 0 heterocycles. The van der Waals surface area contributed by atoms with Crippen LogP contribution < -0.4 is 4.74 Å². The fraction of sp³-hybridized carbons (Fsp3) is 0.107. The number of phenols is 5. The Labute approximate surface area is 226 Å². The Kier molecular flexibility index (Phi) is 9.21. The third kappa shape index (κ3) is 7.68. The average Bonchev–Trinajstić information content (AvgIpc) is 2.91. The SMILES string of the molecule is COC(=O)/C(=C/c1ccc(O)c(O)c1)Oc1ccc(/C=C/C(=O)OC(Cc2ccc(O)c(O)c2)C(=O)O)cc1O. The quantitative estimate of drug-likeness (QED) is 0.0931. The zero-order valence-corrected chi connectivity index (χ0v) is 20.8. The molecule has 0 bridgehead atoms. The van der Waals surface area contributed by atoms with Gasteiger partial charge in [-0.3, -0.25) is 0 Å². The molecule has 0 saturated heterocycles. The van der Waals surface area contributed by atoms with Crippen LogP contribution in [0.25, 0.3) is 12.2 Å². The summed E-state index contributed by atoms with van der Waals surface area (Å²) in [5.41, 5.74) is 0.891. The van der Waals surface area contributed by atoms with Crippen LogP contribution in [0.15, 0.2) is 66.4 Å². The number of ether oxygens (including phenoxy) is 3. The van der Waals surface area contributed by atoms with E-state index in [1.807, 2.05) is 0 Å². The van der Waals surface area contributed by atoms with Crippen LogP contribution in [0.4, 0.5) is 0 Å². The molecule has 0 aromatic heterocycles. The van der Waals surface area contributed by atoms with Crippen molar-refractivity contribution in [1.82, 2.24) is 0 Å². The lowest BCUT2D eigenvalue weighted by atomic mass is 10.1. The molecule has 3 aromatic carbocycles. The highest BCUT2D eigenvalue weighted by molar-refractivity contribution is 5.92. The maximum absolute atomic E-state index is 12.2. The Morgan fingerprint density at radius 3 is 2.02 bits per heavy atom. The van der Waals surface area contributed by atoms with Crippen molar-refractivity contribution in [3.63, 3.8) is 0 Å². The molecule has 0 fully saturated rings. The number of carboxylic acid groups (broad SMARTS) is 1. The molecule has 0 saturated carbocycles. The summed E-state index contributed by atoms with van der Waals surface area (Å²) in [6.45, 7) is 0. The molecule has 1 atom stereocenters. The first-order valence-corrected chi connectivity index (χ1v) is 11.4. The van der Waals surface area contributed by atoms with Crippen LogP contribution in [-0.2, 0) is 30.3 Å². The van der Waals surface area contributed by atoms with Gasteiger partial charge in [-0.05, 0) is 65.2 Å². The van der Waals surface area contributed by atoms with Crippen LogP contribution in [0.5, 0.6) is 34.5 Å². The molecule has 3 aromatic rings. The van der Waals surface area contributed by atoms with Gasteiger partial charge in [0.1, 0.15) is 0 Å². The van der Waals surface area contributed by atoms with Crippen LogP contribution in [0.2, 0.25) is 0 Å². The van der Waals surface area contributed by atoms with E-state index in [-0.39, 0.29) is 35.0 Å². The van der Waals surface area contributed by atoms with E-state index in [1.165, 1.54) is 60.7 Å². The zero-order chi connectivity index (χ0) is 29.4. The summed E-state index contributed by atoms with van der Waals surface area (Å²) in [5.74, 6) is -5.86. The predicted octanol–water partition coefficient (Wildman–Crippen LogP) is 3.06. The summed E-state index contributed by atoms with van der Waals surface area (Å²) in [4.78, 5) is 35.9. The number of esters is 2. The number of aliphatic carboxylic acids is 1. The predicted molar refractivity (Wildman–Crippen MR) is 139 cm³/mol. The topological polar surface area (TPSA) is 200 Å². The first kappa shape index (κ1) is 28.9. The number of carbonyl (C=O) groups is 3. The maximum Gasteiger partial charge on any atom is 0.373 e. The number of carbonyl (C=O) groups excluding carboxylic acids is 2. The number of carboxylic acids is 1. The number of phenolic OH excluding ortho intramolecular Hbond substituents is 5. The van der Waals surface area contributed by atoms with Gasteiger partial charge in [0.15, 0.2) is 34.5 Å². The van der Waals surface area contributed by atoms with Crippen molar-refractivity contribution in [3.05, 3.63) is 83.1 Å². The van der Waals surface area contributed by atoms with Gasteiger partial charge in [-0.1, -0.05) is 18.2 Å². The molecular formula is C28H24O12. The molecule has 0 amide bonds. The van der Waals surface area contributed by atoms with E-state index in [0.717, 1.165) is 19.3 Å². The molecule has 1 unspecified atom stereocenters. The second kappa shape index (κ2) is 12.7. The van der Waals surface area contributed by atoms with Crippen molar-refractivity contribution < 1.29 is 59.2 Å². The van der Waals surface area contributed by atoms with Crippen LogP contribution in [0.3, 0.4) is 0 Å². The third-order valence-electron chi connectivity index (χ3n) is 5.29. The zero-order valence-electron chi connectivity index (χ0n) is 20.8. The molecule has 0 radical (unpaired) electrons. The Balaban J connectivity index is 1.71. The molecule has 0 aliphatic rings. The van der Waals surface area contributed by atoms with Gasteiger partial charge in [-0.15, -0.1) is 0 Å². The van der Waals surface area contributed by atoms with Crippen molar-refractivity contribution in [1.29, 1.82) is 0 Å². The largest absolute Gasteiger partial charge is 0.504 e. The van der Waals surface area contributed by atoms with Crippen molar-refractivity contribution in [2.24, 2.45) is 0 Å². The van der Waals surface area contributed by atoms with E-state index in [4.69, 9.17) is 9.47 Å². The molecule has 12 nitrogen and oxygen atoms in total. The van der Waals surface area contributed by atoms with Crippen molar-refractivity contribution in [2.75, 3.05) is 7.11 Å². The van der Waals surface area contributed by atoms with Gasteiger partial charge in [0.25, 0.3) is 0 Å². The van der Waals surface area contributed by atoms with Crippen LogP contribution in [0, 0.1) is 0 Å². The first-order valence-electron chi connectivity index (χ1n) is 11.4. The molecule has 0 aliphatic heterocycles. The van der Waals surface area contributed by atoms with Crippen LogP contribution in [0.1, 0.15) is 16.7 Å². The Morgan fingerprint density at radius 1 is 0.800 bits per heavy atom. The van der Waals surface area contributed by atoms with Gasteiger partial charge in [0.05, 0.1) is 7.11 Å². The third-order valence-corrected chi connectivity index (χ3v) is 5.29. The van der Waals surface area contributed by atoms with E-state index in [1.54, 1.807) is 0 Å². The fourth-order valence-corrected chi connectivity index (χ4v) is 3.29. The van der Waals surface area contributed by atoms with Crippen LogP contribution >= 0.6 is 0 Å². The minimum atomic E-state index is -1.58. The highest BCUT2D eigenvalue weighted by Gasteiger charge is 2.22. The van der Waals surface area contributed by atoms with E-state index >= 15 is 0 Å². The first-order chi connectivity index (χ1) is 19.0. The van der Waals surface area contributed by atoms with E-state index in [2.05, 4.69) is 4.74 Å². The number of methoxy groups -OCH3 is 1. The van der Waals surface area contributed by atoms with Gasteiger partial charge >= 0.3 is 17.9 Å². The second-order valence-corrected chi connectivity index (χ2v) is 8.20. The number of hydrogen-bond acceptors (Lipinski definition) is 11. The summed E-state index contributed by atoms with van der Waals surface area (Å²) in [6.07, 6.45) is 1.55. The number of rotatable bonds is 10. The summed E-state index contributed by atoms with van der Waals surface area (Å²) in [5, 5.41) is 57.8. The fourth-order valence-electron chi connectivity index (χ4n) is 3.29. The lowest BCUT2D eigenvalue weighted by molar-refractivity contribution is -0.160. The van der Waals surface area contributed by atoms with Gasteiger partial charge in [-0.25, -0.2) is 14.4 Å². The smallest absolute Gasteiger partial charge is 0.373 e. The van der Waals surface area contributed by atoms with Gasteiger partial charge in [0.2, 0.25) is 11.9 Å². The number of hydrogen-bond donors (Lipinski definition) is 6. The van der Waals surface area contributed by atoms with Crippen molar-refractivity contribution in [3.8, 4) is 34.5 Å². The lowest BCUT2D eigenvalue weighted by Gasteiger charge is -2.13. The molecule has 0 spiro atoms. The summed E-state index contributed by atoms with van der Waals surface area (Å²) < 4.78 is 15.1. The molecule has 40 heavy (non-hydrogen) atoms. The molecule has 6 N–H and O–H groups in total. The van der Waals surface area contributed by atoms with Gasteiger partial charge in [-0.2, -0.15) is 0 Å².